The van der Waals surface area contributed by atoms with E-state index in [1.807, 2.05) is 42.6 Å². The summed E-state index contributed by atoms with van der Waals surface area (Å²) in [5.41, 5.74) is 3.69. The number of benzene rings is 2. The van der Waals surface area contributed by atoms with Crippen molar-refractivity contribution in [3.8, 4) is 5.75 Å². The van der Waals surface area contributed by atoms with Crippen LogP contribution in [0.25, 0.3) is 0 Å². The van der Waals surface area contributed by atoms with Crippen LogP contribution in [0.2, 0.25) is 0 Å². The standard InChI is InChI=1S/C25H28N2O2/c28-25-18-24(29-20-23-6-2-1-3-7-23)13-17-27(25)16-12-21-8-10-22(11-9-21)19-26-14-4-5-15-26/h1-3,6-11,13,17-18H,4-5,12,14-16,19-20H2. The van der Waals surface area contributed by atoms with Gasteiger partial charge in [-0.15, -0.1) is 0 Å². The normalized spacial score (nSPS) is 14.2. The number of aryl methyl sites for hydroxylation is 2. The number of pyridine rings is 1. The number of aromatic nitrogens is 1. The number of nitrogens with zero attached hydrogens (tertiary/aromatic N) is 2. The zero-order valence-electron chi connectivity index (χ0n) is 16.8. The Morgan fingerprint density at radius 1 is 0.828 bits per heavy atom. The summed E-state index contributed by atoms with van der Waals surface area (Å²) in [6, 6.07) is 22.2. The quantitative estimate of drug-likeness (QED) is 0.578. The number of rotatable bonds is 8. The van der Waals surface area contributed by atoms with Crippen molar-refractivity contribution in [3.63, 3.8) is 0 Å². The van der Waals surface area contributed by atoms with Gasteiger partial charge in [0, 0.05) is 25.4 Å². The van der Waals surface area contributed by atoms with Crippen LogP contribution < -0.4 is 10.3 Å². The van der Waals surface area contributed by atoms with E-state index in [1.165, 1.54) is 37.1 Å². The predicted molar refractivity (Wildman–Crippen MR) is 116 cm³/mol. The lowest BCUT2D eigenvalue weighted by molar-refractivity contribution is 0.305. The fourth-order valence-corrected chi connectivity index (χ4v) is 3.76. The first-order valence-corrected chi connectivity index (χ1v) is 10.4. The van der Waals surface area contributed by atoms with Gasteiger partial charge in [0.05, 0.1) is 0 Å². The SMILES string of the molecule is O=c1cc(OCc2ccccc2)ccn1CCc1ccc(CN2CCCC2)cc1. The van der Waals surface area contributed by atoms with Gasteiger partial charge >= 0.3 is 0 Å². The Kier molecular flexibility index (Phi) is 6.42. The van der Waals surface area contributed by atoms with Crippen molar-refractivity contribution in [2.45, 2.75) is 39.0 Å². The summed E-state index contributed by atoms with van der Waals surface area (Å²) in [5, 5.41) is 0. The topological polar surface area (TPSA) is 34.5 Å². The van der Waals surface area contributed by atoms with E-state index in [1.54, 1.807) is 10.6 Å². The summed E-state index contributed by atoms with van der Waals surface area (Å²) in [6.07, 6.45) is 5.31. The van der Waals surface area contributed by atoms with Crippen molar-refractivity contribution in [3.05, 3.63) is 100.0 Å². The molecule has 1 aliphatic rings. The first-order valence-electron chi connectivity index (χ1n) is 10.4. The van der Waals surface area contributed by atoms with E-state index >= 15 is 0 Å². The first-order chi connectivity index (χ1) is 14.3. The van der Waals surface area contributed by atoms with E-state index in [-0.39, 0.29) is 5.56 Å². The largest absolute Gasteiger partial charge is 0.489 e. The molecule has 2 heterocycles. The van der Waals surface area contributed by atoms with Crippen molar-refractivity contribution < 1.29 is 4.74 Å². The zero-order chi connectivity index (χ0) is 19.9. The number of ether oxygens (including phenoxy) is 1. The Morgan fingerprint density at radius 3 is 2.28 bits per heavy atom. The molecule has 0 amide bonds. The van der Waals surface area contributed by atoms with Crippen molar-refractivity contribution >= 4 is 0 Å². The highest BCUT2D eigenvalue weighted by molar-refractivity contribution is 5.23. The zero-order valence-corrected chi connectivity index (χ0v) is 16.8. The lowest BCUT2D eigenvalue weighted by Crippen LogP contribution is -2.20. The molecule has 0 atom stereocenters. The average Bonchev–Trinajstić information content (AvgIpc) is 3.26. The minimum absolute atomic E-state index is 0.0267. The van der Waals surface area contributed by atoms with E-state index in [9.17, 15) is 4.79 Å². The van der Waals surface area contributed by atoms with Crippen LogP contribution in [-0.4, -0.2) is 22.6 Å². The van der Waals surface area contributed by atoms with Crippen LogP contribution in [-0.2, 0) is 26.1 Å². The van der Waals surface area contributed by atoms with Gasteiger partial charge in [0.25, 0.3) is 5.56 Å². The van der Waals surface area contributed by atoms with Crippen molar-refractivity contribution in [2.24, 2.45) is 0 Å². The van der Waals surface area contributed by atoms with Crippen LogP contribution in [0.4, 0.5) is 0 Å². The molecule has 4 nitrogen and oxygen atoms in total. The van der Waals surface area contributed by atoms with Crippen LogP contribution in [0.1, 0.15) is 29.5 Å². The average molecular weight is 389 g/mol. The van der Waals surface area contributed by atoms with Crippen LogP contribution in [0.15, 0.2) is 77.7 Å². The van der Waals surface area contributed by atoms with Crippen molar-refractivity contribution in [1.82, 2.24) is 9.47 Å². The lowest BCUT2D eigenvalue weighted by Gasteiger charge is -2.14. The summed E-state index contributed by atoms with van der Waals surface area (Å²) in [7, 11) is 0. The lowest BCUT2D eigenvalue weighted by atomic mass is 10.1. The Labute approximate surface area is 172 Å². The second-order valence-electron chi connectivity index (χ2n) is 7.72. The molecule has 0 radical (unpaired) electrons. The molecule has 3 aromatic rings. The molecule has 0 bridgehead atoms. The van der Waals surface area contributed by atoms with Gasteiger partial charge in [-0.25, -0.2) is 0 Å². The maximum atomic E-state index is 12.4. The fraction of sp³-hybridized carbons (Fsp3) is 0.320. The molecule has 150 valence electrons. The molecule has 1 saturated heterocycles. The highest BCUT2D eigenvalue weighted by Gasteiger charge is 2.11. The Bertz CT molecular complexity index is 958. The van der Waals surface area contributed by atoms with Crippen molar-refractivity contribution in [2.75, 3.05) is 13.1 Å². The number of hydrogen-bond acceptors (Lipinski definition) is 3. The third-order valence-corrected chi connectivity index (χ3v) is 5.49. The third kappa shape index (κ3) is 5.58. The Hall–Kier alpha value is -2.85. The monoisotopic (exact) mass is 388 g/mol. The third-order valence-electron chi connectivity index (χ3n) is 5.49. The summed E-state index contributed by atoms with van der Waals surface area (Å²) < 4.78 is 7.48. The van der Waals surface area contributed by atoms with E-state index in [0.29, 0.717) is 18.9 Å². The van der Waals surface area contributed by atoms with Gasteiger partial charge in [0.1, 0.15) is 12.4 Å². The van der Waals surface area contributed by atoms with Gasteiger partial charge in [0.15, 0.2) is 0 Å². The highest BCUT2D eigenvalue weighted by Crippen LogP contribution is 2.14. The smallest absolute Gasteiger partial charge is 0.254 e. The van der Waals surface area contributed by atoms with E-state index in [4.69, 9.17) is 4.74 Å². The highest BCUT2D eigenvalue weighted by atomic mass is 16.5. The number of likely N-dealkylation sites (tertiary alicyclic amines) is 1. The minimum Gasteiger partial charge on any atom is -0.489 e. The molecule has 29 heavy (non-hydrogen) atoms. The molecule has 0 unspecified atom stereocenters. The first kappa shape index (κ1) is 19.5. The van der Waals surface area contributed by atoms with Crippen LogP contribution >= 0.6 is 0 Å². The van der Waals surface area contributed by atoms with E-state index < -0.39 is 0 Å². The molecule has 1 aromatic heterocycles. The van der Waals surface area contributed by atoms with Gasteiger partial charge in [-0.2, -0.15) is 0 Å². The van der Waals surface area contributed by atoms with Gasteiger partial charge in [-0.1, -0.05) is 54.6 Å². The van der Waals surface area contributed by atoms with Crippen molar-refractivity contribution in [1.29, 1.82) is 0 Å². The molecule has 0 spiro atoms. The summed E-state index contributed by atoms with van der Waals surface area (Å²) >= 11 is 0. The molecule has 0 saturated carbocycles. The molecule has 0 N–H and O–H groups in total. The molecule has 0 aliphatic carbocycles. The molecule has 4 rings (SSSR count). The molecule has 4 heteroatoms. The van der Waals surface area contributed by atoms with Gasteiger partial charge in [-0.05, 0) is 55.1 Å². The Balaban J connectivity index is 1.29. The Morgan fingerprint density at radius 2 is 1.55 bits per heavy atom. The molecular formula is C25H28N2O2. The predicted octanol–water partition coefficient (Wildman–Crippen LogP) is 4.27. The fourth-order valence-electron chi connectivity index (χ4n) is 3.76. The van der Waals surface area contributed by atoms with Crippen LogP contribution in [0.3, 0.4) is 0 Å². The number of hydrogen-bond donors (Lipinski definition) is 0. The van der Waals surface area contributed by atoms with Gasteiger partial charge in [0.2, 0.25) is 0 Å². The summed E-state index contributed by atoms with van der Waals surface area (Å²) in [6.45, 7) is 4.62. The molecular weight excluding hydrogens is 360 g/mol. The van der Waals surface area contributed by atoms with Gasteiger partial charge < -0.3 is 9.30 Å². The summed E-state index contributed by atoms with van der Waals surface area (Å²) in [5.74, 6) is 0.612. The second-order valence-corrected chi connectivity index (χ2v) is 7.72. The molecule has 1 fully saturated rings. The molecule has 1 aliphatic heterocycles. The molecule has 2 aromatic carbocycles. The van der Waals surface area contributed by atoms with E-state index in [0.717, 1.165) is 18.5 Å². The van der Waals surface area contributed by atoms with Crippen LogP contribution in [0, 0.1) is 0 Å². The van der Waals surface area contributed by atoms with E-state index in [2.05, 4.69) is 29.2 Å². The minimum atomic E-state index is -0.0267. The summed E-state index contributed by atoms with van der Waals surface area (Å²) in [4.78, 5) is 14.9. The maximum absolute atomic E-state index is 12.4. The van der Waals surface area contributed by atoms with Gasteiger partial charge in [-0.3, -0.25) is 9.69 Å². The second kappa shape index (κ2) is 9.57. The van der Waals surface area contributed by atoms with Crippen LogP contribution in [0.5, 0.6) is 5.75 Å². The maximum Gasteiger partial charge on any atom is 0.254 e.